The van der Waals surface area contributed by atoms with Crippen molar-refractivity contribution in [3.63, 3.8) is 0 Å². The summed E-state index contributed by atoms with van der Waals surface area (Å²) in [6.07, 6.45) is 1.48. The van der Waals surface area contributed by atoms with Gasteiger partial charge in [-0.3, -0.25) is 19.8 Å². The van der Waals surface area contributed by atoms with Crippen molar-refractivity contribution in [3.8, 4) is 5.75 Å². The van der Waals surface area contributed by atoms with Crippen LogP contribution in [0.25, 0.3) is 6.08 Å². The monoisotopic (exact) mass is 382 g/mol. The summed E-state index contributed by atoms with van der Waals surface area (Å²) in [5.41, 5.74) is 0.230. The van der Waals surface area contributed by atoms with Crippen LogP contribution in [-0.4, -0.2) is 46.3 Å². The molecule has 0 spiro atoms. The highest BCUT2D eigenvalue weighted by Gasteiger charge is 2.38. The molecule has 1 aromatic rings. The van der Waals surface area contributed by atoms with Gasteiger partial charge >= 0.3 is 11.7 Å². The summed E-state index contributed by atoms with van der Waals surface area (Å²) >= 11 is 6.17. The molecule has 1 heterocycles. The Hall–Kier alpha value is -2.46. The molecule has 1 unspecified atom stereocenters. The zero-order chi connectivity index (χ0) is 18.7. The normalized spacial score (nSPS) is 16.9. The summed E-state index contributed by atoms with van der Waals surface area (Å²) in [6.45, 7) is 1.51. The van der Waals surface area contributed by atoms with Gasteiger partial charge in [-0.15, -0.1) is 0 Å². The Balaban J connectivity index is 2.35. The van der Waals surface area contributed by atoms with Crippen molar-refractivity contribution < 1.29 is 24.0 Å². The van der Waals surface area contributed by atoms with E-state index in [0.717, 1.165) is 16.7 Å². The molecule has 1 amide bonds. The highest BCUT2D eigenvalue weighted by molar-refractivity contribution is 8.26. The highest BCUT2D eigenvalue weighted by Crippen LogP contribution is 2.35. The number of nitro benzene ring substituents is 1. The molecule has 1 aromatic carbocycles. The number of thiocarbonyl (C=S) groups is 1. The van der Waals surface area contributed by atoms with Gasteiger partial charge in [0.25, 0.3) is 5.91 Å². The molecular weight excluding hydrogens is 368 g/mol. The van der Waals surface area contributed by atoms with Gasteiger partial charge in [-0.05, 0) is 24.6 Å². The number of hydrogen-bond donors (Lipinski definition) is 0. The molecule has 0 bridgehead atoms. The molecule has 0 radical (unpaired) electrons. The maximum absolute atomic E-state index is 12.5. The van der Waals surface area contributed by atoms with E-state index in [-0.39, 0.29) is 20.7 Å². The van der Waals surface area contributed by atoms with Crippen LogP contribution >= 0.6 is 24.0 Å². The molecule has 1 saturated heterocycles. The predicted molar refractivity (Wildman–Crippen MR) is 96.1 cm³/mol. The number of nitro groups is 1. The maximum Gasteiger partial charge on any atom is 0.328 e. The minimum Gasteiger partial charge on any atom is -0.490 e. The van der Waals surface area contributed by atoms with Gasteiger partial charge in [0.1, 0.15) is 10.4 Å². The lowest BCUT2D eigenvalue weighted by molar-refractivity contribution is -0.385. The largest absolute Gasteiger partial charge is 0.490 e. The van der Waals surface area contributed by atoms with E-state index in [0.29, 0.717) is 5.56 Å². The van der Waals surface area contributed by atoms with E-state index < -0.39 is 22.8 Å². The molecule has 1 fully saturated rings. The molecule has 0 aliphatic carbocycles. The lowest BCUT2D eigenvalue weighted by Gasteiger charge is -2.20. The van der Waals surface area contributed by atoms with E-state index in [2.05, 4.69) is 4.74 Å². The zero-order valence-corrected chi connectivity index (χ0v) is 15.2. The average molecular weight is 382 g/mol. The fourth-order valence-corrected chi connectivity index (χ4v) is 3.60. The summed E-state index contributed by atoms with van der Waals surface area (Å²) in [4.78, 5) is 36.1. The molecule has 0 N–H and O–H groups in total. The summed E-state index contributed by atoms with van der Waals surface area (Å²) in [6, 6.07) is 3.48. The van der Waals surface area contributed by atoms with Gasteiger partial charge in [0.15, 0.2) is 5.75 Å². The minimum atomic E-state index is -0.853. The van der Waals surface area contributed by atoms with E-state index in [1.165, 1.54) is 39.4 Å². The van der Waals surface area contributed by atoms with Crippen LogP contribution in [0.2, 0.25) is 0 Å². The van der Waals surface area contributed by atoms with Crippen LogP contribution < -0.4 is 4.74 Å². The van der Waals surface area contributed by atoms with E-state index >= 15 is 0 Å². The standard InChI is InChI=1S/C15H14N2O6S2/c1-8(14(19)23-3)16-13(18)12(25-15(16)24)7-9-4-5-11(22-2)10(6-9)17(20)21/h4-8H,1-3H3/b12-7-. The van der Waals surface area contributed by atoms with E-state index in [1.807, 2.05) is 0 Å². The Bertz CT molecular complexity index is 792. The summed E-state index contributed by atoms with van der Waals surface area (Å²) in [5, 5.41) is 11.1. The van der Waals surface area contributed by atoms with Crippen molar-refractivity contribution >= 4 is 51.9 Å². The molecular formula is C15H14N2O6S2. The molecule has 1 aliphatic heterocycles. The quantitative estimate of drug-likeness (QED) is 0.252. The number of ether oxygens (including phenoxy) is 2. The van der Waals surface area contributed by atoms with Crippen LogP contribution in [0.15, 0.2) is 23.1 Å². The molecule has 1 aliphatic rings. The zero-order valence-electron chi connectivity index (χ0n) is 13.5. The Morgan fingerprint density at radius 2 is 2.12 bits per heavy atom. The van der Waals surface area contributed by atoms with Crippen molar-refractivity contribution in [2.45, 2.75) is 13.0 Å². The first-order valence-corrected chi connectivity index (χ1v) is 8.20. The second-order valence-corrected chi connectivity index (χ2v) is 6.62. The Kier molecular flexibility index (Phi) is 5.75. The number of hydrogen-bond acceptors (Lipinski definition) is 8. The molecule has 8 nitrogen and oxygen atoms in total. The molecule has 0 saturated carbocycles. The number of benzene rings is 1. The number of amides is 1. The number of carbonyl (C=O) groups excluding carboxylic acids is 2. The average Bonchev–Trinajstić information content (AvgIpc) is 2.86. The van der Waals surface area contributed by atoms with Crippen LogP contribution in [0.4, 0.5) is 5.69 Å². The first kappa shape index (κ1) is 18.9. The maximum atomic E-state index is 12.5. The molecule has 2 rings (SSSR count). The van der Waals surface area contributed by atoms with Gasteiger partial charge in [0.05, 0.1) is 24.0 Å². The smallest absolute Gasteiger partial charge is 0.328 e. The third-order valence-corrected chi connectivity index (χ3v) is 4.78. The van der Waals surface area contributed by atoms with Crippen molar-refractivity contribution in [2.24, 2.45) is 0 Å². The number of thioether (sulfide) groups is 1. The Morgan fingerprint density at radius 1 is 1.44 bits per heavy atom. The fraction of sp³-hybridized carbons (Fsp3) is 0.267. The first-order valence-electron chi connectivity index (χ1n) is 6.97. The van der Waals surface area contributed by atoms with Gasteiger partial charge in [0.2, 0.25) is 0 Å². The number of rotatable bonds is 5. The lowest BCUT2D eigenvalue weighted by Crippen LogP contribution is -2.42. The molecule has 132 valence electrons. The van der Waals surface area contributed by atoms with Gasteiger partial charge < -0.3 is 9.47 Å². The van der Waals surface area contributed by atoms with Gasteiger partial charge in [0, 0.05) is 6.07 Å². The predicted octanol–water partition coefficient (Wildman–Crippen LogP) is 2.37. The van der Waals surface area contributed by atoms with Crippen LogP contribution in [0.3, 0.4) is 0 Å². The van der Waals surface area contributed by atoms with E-state index in [4.69, 9.17) is 17.0 Å². The molecule has 10 heteroatoms. The lowest BCUT2D eigenvalue weighted by atomic mass is 10.1. The Morgan fingerprint density at radius 3 is 2.68 bits per heavy atom. The fourth-order valence-electron chi connectivity index (χ4n) is 2.18. The summed E-state index contributed by atoms with van der Waals surface area (Å²) in [5.74, 6) is -0.919. The topological polar surface area (TPSA) is 99.0 Å². The SMILES string of the molecule is COC(=O)C(C)N1C(=O)/C(=C/c2ccc(OC)c([N+](=O)[O-])c2)SC1=S. The summed E-state index contributed by atoms with van der Waals surface area (Å²) < 4.78 is 9.79. The molecule has 25 heavy (non-hydrogen) atoms. The minimum absolute atomic E-state index is 0.119. The van der Waals surface area contributed by atoms with Crippen molar-refractivity contribution in [2.75, 3.05) is 14.2 Å². The molecule has 1 atom stereocenters. The van der Waals surface area contributed by atoms with E-state index in [1.54, 1.807) is 6.07 Å². The second-order valence-electron chi connectivity index (χ2n) is 4.94. The van der Waals surface area contributed by atoms with Crippen molar-refractivity contribution in [3.05, 3.63) is 38.8 Å². The van der Waals surface area contributed by atoms with Gasteiger partial charge in [-0.1, -0.05) is 30.0 Å². The number of carbonyl (C=O) groups is 2. The highest BCUT2D eigenvalue weighted by atomic mass is 32.2. The third-order valence-electron chi connectivity index (χ3n) is 3.45. The third kappa shape index (κ3) is 3.80. The van der Waals surface area contributed by atoms with Crippen LogP contribution in [0.5, 0.6) is 5.75 Å². The van der Waals surface area contributed by atoms with Crippen molar-refractivity contribution in [1.82, 2.24) is 4.90 Å². The second kappa shape index (κ2) is 7.62. The Labute approximate surface area is 152 Å². The van der Waals surface area contributed by atoms with Gasteiger partial charge in [-0.25, -0.2) is 4.79 Å². The van der Waals surface area contributed by atoms with Crippen LogP contribution in [-0.2, 0) is 14.3 Å². The number of esters is 1. The number of nitrogens with zero attached hydrogens (tertiary/aromatic N) is 2. The summed E-state index contributed by atoms with van der Waals surface area (Å²) in [7, 11) is 2.56. The van der Waals surface area contributed by atoms with Crippen molar-refractivity contribution in [1.29, 1.82) is 0 Å². The van der Waals surface area contributed by atoms with Gasteiger partial charge in [-0.2, -0.15) is 0 Å². The first-order chi connectivity index (χ1) is 11.8. The number of methoxy groups -OCH3 is 2. The van der Waals surface area contributed by atoms with E-state index in [9.17, 15) is 19.7 Å². The van der Waals surface area contributed by atoms with Crippen LogP contribution in [0, 0.1) is 10.1 Å². The molecule has 0 aromatic heterocycles. The van der Waals surface area contributed by atoms with Crippen LogP contribution in [0.1, 0.15) is 12.5 Å².